The van der Waals surface area contributed by atoms with E-state index in [-0.39, 0.29) is 11.2 Å². The fraction of sp³-hybridized carbons (Fsp3) is 0.348. The zero-order valence-electron chi connectivity index (χ0n) is 19.3. The number of carbonyl (C=O) groups is 1. The maximum absolute atomic E-state index is 12.7. The summed E-state index contributed by atoms with van der Waals surface area (Å²) in [6, 6.07) is 5.91. The molecule has 0 bridgehead atoms. The standard InChI is InChI=1S/C23H25N7O3S/c1-12(2)8-33-16-7-14(5-6-15(16)32-4)20-18-13(3)29-30(22(18)28-17(31)9-34-20)23-19-21(25-10-24-19)26-11-27-23/h5-7,10-12,20H,8-9H2,1-4H3,(H,28,31)(H,24,25,26,27)/t20-/m1/s1. The van der Waals surface area contributed by atoms with Gasteiger partial charge in [-0.15, -0.1) is 11.8 Å². The van der Waals surface area contributed by atoms with Crippen LogP contribution in [0.3, 0.4) is 0 Å². The van der Waals surface area contributed by atoms with E-state index in [4.69, 9.17) is 14.6 Å². The van der Waals surface area contributed by atoms with Crippen molar-refractivity contribution in [3.8, 4) is 17.3 Å². The molecule has 1 aromatic carbocycles. The number of benzene rings is 1. The van der Waals surface area contributed by atoms with Gasteiger partial charge in [0.25, 0.3) is 0 Å². The van der Waals surface area contributed by atoms with E-state index >= 15 is 0 Å². The Morgan fingerprint density at radius 2 is 2.09 bits per heavy atom. The lowest BCUT2D eigenvalue weighted by molar-refractivity contribution is -0.113. The SMILES string of the molecule is COc1ccc([C@H]2SCC(=O)Nc3c2c(C)nn3-c2ncnc3nc[nH]c23)cc1OCC(C)C. The van der Waals surface area contributed by atoms with Crippen LogP contribution in [-0.4, -0.2) is 55.1 Å². The molecule has 0 radical (unpaired) electrons. The summed E-state index contributed by atoms with van der Waals surface area (Å²) in [5.74, 6) is 3.04. The highest BCUT2D eigenvalue weighted by Crippen LogP contribution is 2.45. The number of amides is 1. The van der Waals surface area contributed by atoms with Crippen LogP contribution < -0.4 is 14.8 Å². The number of rotatable bonds is 6. The number of methoxy groups -OCH3 is 1. The molecule has 1 aliphatic heterocycles. The van der Waals surface area contributed by atoms with Crippen LogP contribution in [0, 0.1) is 12.8 Å². The molecule has 3 aromatic heterocycles. The van der Waals surface area contributed by atoms with Gasteiger partial charge in [-0.2, -0.15) is 9.78 Å². The van der Waals surface area contributed by atoms with Crippen molar-refractivity contribution >= 4 is 34.7 Å². The first-order valence-corrected chi connectivity index (χ1v) is 12.0. The minimum absolute atomic E-state index is 0.102. The molecule has 0 spiro atoms. The molecule has 1 atom stereocenters. The predicted octanol–water partition coefficient (Wildman–Crippen LogP) is 3.67. The van der Waals surface area contributed by atoms with Crippen LogP contribution in [0.15, 0.2) is 30.9 Å². The number of carbonyl (C=O) groups excluding carboxylic acids is 1. The average Bonchev–Trinajstić information content (AvgIpc) is 3.38. The molecule has 1 amide bonds. The van der Waals surface area contributed by atoms with Crippen molar-refractivity contribution in [2.75, 3.05) is 24.8 Å². The highest BCUT2D eigenvalue weighted by molar-refractivity contribution is 8.00. The number of aromatic amines is 1. The maximum atomic E-state index is 12.7. The molecule has 176 valence electrons. The summed E-state index contributed by atoms with van der Waals surface area (Å²) in [7, 11) is 1.63. The lowest BCUT2D eigenvalue weighted by atomic mass is 10.0. The highest BCUT2D eigenvalue weighted by Gasteiger charge is 2.32. The van der Waals surface area contributed by atoms with E-state index in [0.717, 1.165) is 16.8 Å². The molecule has 0 fully saturated rings. The summed E-state index contributed by atoms with van der Waals surface area (Å²) in [6.45, 7) is 6.71. The summed E-state index contributed by atoms with van der Waals surface area (Å²) in [5, 5.41) is 7.64. The van der Waals surface area contributed by atoms with E-state index in [9.17, 15) is 4.79 Å². The van der Waals surface area contributed by atoms with Crippen molar-refractivity contribution in [2.24, 2.45) is 5.92 Å². The molecule has 0 saturated carbocycles. The Morgan fingerprint density at radius 1 is 1.24 bits per heavy atom. The molecule has 0 unspecified atom stereocenters. The number of hydrogen-bond donors (Lipinski definition) is 2. The van der Waals surface area contributed by atoms with Gasteiger partial charge in [0.15, 0.2) is 23.0 Å². The Labute approximate surface area is 200 Å². The lowest BCUT2D eigenvalue weighted by Crippen LogP contribution is -2.16. The van der Waals surface area contributed by atoms with E-state index in [1.807, 2.05) is 25.1 Å². The second kappa shape index (κ2) is 8.98. The van der Waals surface area contributed by atoms with E-state index < -0.39 is 0 Å². The van der Waals surface area contributed by atoms with E-state index in [2.05, 4.69) is 39.1 Å². The third kappa shape index (κ3) is 3.96. The number of H-pyrrole nitrogens is 1. The largest absolute Gasteiger partial charge is 0.493 e. The molecule has 4 aromatic rings. The Hall–Kier alpha value is -3.60. The lowest BCUT2D eigenvalue weighted by Gasteiger charge is -2.19. The van der Waals surface area contributed by atoms with Gasteiger partial charge in [0.05, 0.1) is 36.7 Å². The Balaban J connectivity index is 1.63. The van der Waals surface area contributed by atoms with Gasteiger partial charge in [0.1, 0.15) is 17.7 Å². The number of nitrogens with one attached hydrogen (secondary N) is 2. The van der Waals surface area contributed by atoms with Crippen molar-refractivity contribution in [3.63, 3.8) is 0 Å². The molecule has 0 saturated heterocycles. The Morgan fingerprint density at radius 3 is 2.88 bits per heavy atom. The first-order valence-electron chi connectivity index (χ1n) is 10.9. The molecule has 5 rings (SSSR count). The highest BCUT2D eigenvalue weighted by atomic mass is 32.2. The molecular formula is C23H25N7O3S. The van der Waals surface area contributed by atoms with E-state index in [1.54, 1.807) is 29.9 Å². The Kier molecular flexibility index (Phi) is 5.86. The topological polar surface area (TPSA) is 120 Å². The van der Waals surface area contributed by atoms with Crippen LogP contribution in [0.25, 0.3) is 17.0 Å². The first-order chi connectivity index (χ1) is 16.5. The summed E-state index contributed by atoms with van der Waals surface area (Å²) < 4.78 is 13.2. The van der Waals surface area contributed by atoms with Gasteiger partial charge in [-0.3, -0.25) is 4.79 Å². The van der Waals surface area contributed by atoms with Gasteiger partial charge in [0.2, 0.25) is 5.91 Å². The van der Waals surface area contributed by atoms with Gasteiger partial charge in [-0.05, 0) is 30.5 Å². The predicted molar refractivity (Wildman–Crippen MR) is 130 cm³/mol. The number of aromatic nitrogens is 6. The number of anilines is 1. The van der Waals surface area contributed by atoms with Crippen LogP contribution in [-0.2, 0) is 4.79 Å². The summed E-state index contributed by atoms with van der Waals surface area (Å²) in [6.07, 6.45) is 3.00. The number of aryl methyl sites for hydroxylation is 1. The van der Waals surface area contributed by atoms with Crippen molar-refractivity contribution in [1.82, 2.24) is 29.7 Å². The zero-order valence-corrected chi connectivity index (χ0v) is 20.1. The number of imidazole rings is 1. The number of thioether (sulfide) groups is 1. The first kappa shape index (κ1) is 22.2. The molecule has 34 heavy (non-hydrogen) atoms. The zero-order chi connectivity index (χ0) is 23.8. The Bertz CT molecular complexity index is 1360. The van der Waals surface area contributed by atoms with Gasteiger partial charge in [-0.25, -0.2) is 15.0 Å². The number of nitrogens with zero attached hydrogens (tertiary/aromatic N) is 5. The number of fused-ring (bicyclic) bond motifs is 2. The number of hydrogen-bond acceptors (Lipinski definition) is 8. The van der Waals surface area contributed by atoms with Crippen molar-refractivity contribution in [2.45, 2.75) is 26.0 Å². The smallest absolute Gasteiger partial charge is 0.235 e. The molecule has 11 heteroatoms. The van der Waals surface area contributed by atoms with Crippen LogP contribution >= 0.6 is 11.8 Å². The van der Waals surface area contributed by atoms with Gasteiger partial charge in [-0.1, -0.05) is 19.9 Å². The third-order valence-corrected chi connectivity index (χ3v) is 6.74. The van der Waals surface area contributed by atoms with Crippen LogP contribution in [0.2, 0.25) is 0 Å². The molecule has 1 aliphatic rings. The van der Waals surface area contributed by atoms with E-state index in [1.165, 1.54) is 6.33 Å². The molecule has 2 N–H and O–H groups in total. The van der Waals surface area contributed by atoms with E-state index in [0.29, 0.717) is 52.6 Å². The molecule has 4 heterocycles. The van der Waals surface area contributed by atoms with Crippen molar-refractivity contribution in [1.29, 1.82) is 0 Å². The van der Waals surface area contributed by atoms with Gasteiger partial charge < -0.3 is 19.8 Å². The normalized spacial score (nSPS) is 15.8. The quantitative estimate of drug-likeness (QED) is 0.430. The van der Waals surface area contributed by atoms with Crippen LogP contribution in [0.4, 0.5) is 5.82 Å². The third-order valence-electron chi connectivity index (χ3n) is 5.47. The number of ether oxygens (including phenoxy) is 2. The average molecular weight is 480 g/mol. The molecule has 0 aliphatic carbocycles. The van der Waals surface area contributed by atoms with Crippen LogP contribution in [0.5, 0.6) is 11.5 Å². The second-order valence-electron chi connectivity index (χ2n) is 8.41. The maximum Gasteiger partial charge on any atom is 0.235 e. The second-order valence-corrected chi connectivity index (χ2v) is 9.51. The fourth-order valence-electron chi connectivity index (χ4n) is 3.94. The van der Waals surface area contributed by atoms with Crippen molar-refractivity contribution in [3.05, 3.63) is 47.7 Å². The minimum Gasteiger partial charge on any atom is -0.493 e. The molecular weight excluding hydrogens is 454 g/mol. The van der Waals surface area contributed by atoms with Gasteiger partial charge >= 0.3 is 0 Å². The summed E-state index contributed by atoms with van der Waals surface area (Å²) in [5.41, 5.74) is 3.88. The van der Waals surface area contributed by atoms with Crippen LogP contribution in [0.1, 0.15) is 35.9 Å². The summed E-state index contributed by atoms with van der Waals surface area (Å²) >= 11 is 1.55. The minimum atomic E-state index is -0.144. The monoisotopic (exact) mass is 479 g/mol. The molecule has 10 nitrogen and oxygen atoms in total. The van der Waals surface area contributed by atoms with Gasteiger partial charge in [0, 0.05) is 5.56 Å². The summed E-state index contributed by atoms with van der Waals surface area (Å²) in [4.78, 5) is 28.6. The fourth-order valence-corrected chi connectivity index (χ4v) is 5.12. The van der Waals surface area contributed by atoms with Crippen molar-refractivity contribution < 1.29 is 14.3 Å².